The minimum absolute atomic E-state index is 1.46. The number of hydrogen-bond acceptors (Lipinski definition) is 2. The smallest absolute Gasteiger partial charge is 0.282 e. The third-order valence-corrected chi connectivity index (χ3v) is 3.66. The molecule has 26 heavy (non-hydrogen) atoms. The minimum atomic E-state index is -6.68. The highest BCUT2D eigenvalue weighted by atomic mass is 32.2. The number of rotatable bonds is 1. The molecular formula is C10H2F12O3S. The molecule has 1 rings (SSSR count). The predicted molar refractivity (Wildman–Crippen MR) is 56.3 cm³/mol. The molecule has 0 aliphatic heterocycles. The van der Waals surface area contributed by atoms with E-state index < -0.39 is 68.0 Å². The quantitative estimate of drug-likeness (QED) is 0.504. The molecule has 0 saturated heterocycles. The molecule has 0 heterocycles. The third kappa shape index (κ3) is 4.33. The maximum absolute atomic E-state index is 12.9. The second kappa shape index (κ2) is 5.90. The molecule has 0 amide bonds. The predicted octanol–water partition coefficient (Wildman–Crippen LogP) is 5.01. The van der Waals surface area contributed by atoms with Crippen LogP contribution in [0.4, 0.5) is 52.7 Å². The van der Waals surface area contributed by atoms with Crippen molar-refractivity contribution < 1.29 is 65.7 Å². The van der Waals surface area contributed by atoms with Gasteiger partial charge in [-0.1, -0.05) is 0 Å². The normalized spacial score (nSPS) is 14.7. The Bertz CT molecular complexity index is 810. The molecule has 0 bridgehead atoms. The number of halogens is 12. The minimum Gasteiger partial charge on any atom is -0.282 e. The van der Waals surface area contributed by atoms with Crippen LogP contribution in [-0.4, -0.2) is 13.0 Å². The first kappa shape index (κ1) is 22.3. The van der Waals surface area contributed by atoms with Crippen LogP contribution in [0, 0.1) is 0 Å². The summed E-state index contributed by atoms with van der Waals surface area (Å²) in [6.07, 6.45) is -25.9. The fourth-order valence-electron chi connectivity index (χ4n) is 1.93. The molecule has 0 radical (unpaired) electrons. The van der Waals surface area contributed by atoms with Gasteiger partial charge in [0.2, 0.25) is 0 Å². The van der Waals surface area contributed by atoms with Crippen LogP contribution in [0.3, 0.4) is 0 Å². The van der Waals surface area contributed by atoms with E-state index in [1.807, 2.05) is 0 Å². The van der Waals surface area contributed by atoms with Crippen molar-refractivity contribution in [3.63, 3.8) is 0 Å². The molecule has 1 aromatic rings. The summed E-state index contributed by atoms with van der Waals surface area (Å²) in [6.45, 7) is 0. The summed E-state index contributed by atoms with van der Waals surface area (Å²) in [5.41, 5.74) is -14.2. The second-order valence-corrected chi connectivity index (χ2v) is 5.88. The summed E-state index contributed by atoms with van der Waals surface area (Å²) in [5, 5.41) is 0. The highest BCUT2D eigenvalue weighted by Gasteiger charge is 2.56. The highest BCUT2D eigenvalue weighted by Crippen LogP contribution is 2.52. The molecule has 0 saturated carbocycles. The van der Waals surface area contributed by atoms with Crippen molar-refractivity contribution in [1.29, 1.82) is 0 Å². The van der Waals surface area contributed by atoms with Crippen LogP contribution in [-0.2, 0) is 34.8 Å². The average Bonchev–Trinajstić information content (AvgIpc) is 2.30. The third-order valence-electron chi connectivity index (χ3n) is 2.72. The lowest BCUT2D eigenvalue weighted by molar-refractivity contribution is -0.178. The van der Waals surface area contributed by atoms with Crippen molar-refractivity contribution in [2.75, 3.05) is 0 Å². The van der Waals surface area contributed by atoms with Crippen molar-refractivity contribution in [3.8, 4) is 0 Å². The van der Waals surface area contributed by atoms with Gasteiger partial charge in [0.15, 0.2) is 0 Å². The van der Waals surface area contributed by atoms with E-state index in [0.29, 0.717) is 0 Å². The highest BCUT2D eigenvalue weighted by molar-refractivity contribution is 7.86. The summed E-state index contributed by atoms with van der Waals surface area (Å²) in [7, 11) is -6.68. The zero-order valence-corrected chi connectivity index (χ0v) is 12.1. The molecule has 1 aromatic carbocycles. The Balaban J connectivity index is 4.49. The van der Waals surface area contributed by atoms with E-state index >= 15 is 0 Å². The van der Waals surface area contributed by atoms with Crippen LogP contribution in [0.5, 0.6) is 0 Å². The van der Waals surface area contributed by atoms with Gasteiger partial charge in [0.05, 0.1) is 22.3 Å². The zero-order chi connectivity index (χ0) is 21.1. The summed E-state index contributed by atoms with van der Waals surface area (Å²) in [5.74, 6) is 0. The van der Waals surface area contributed by atoms with Crippen LogP contribution >= 0.6 is 0 Å². The summed E-state index contributed by atoms with van der Waals surface area (Å²) >= 11 is 0. The van der Waals surface area contributed by atoms with Gasteiger partial charge in [-0.05, 0) is 6.07 Å². The molecule has 0 spiro atoms. The Hall–Kier alpha value is -1.71. The van der Waals surface area contributed by atoms with Crippen LogP contribution in [0.2, 0.25) is 0 Å². The second-order valence-electron chi connectivity index (χ2n) is 4.52. The lowest BCUT2D eigenvalue weighted by Gasteiger charge is -2.25. The number of benzene rings is 1. The Morgan fingerprint density at radius 3 is 1.19 bits per heavy atom. The van der Waals surface area contributed by atoms with E-state index in [0.717, 1.165) is 0 Å². The fraction of sp³-hybridized carbons (Fsp3) is 0.400. The first-order valence-corrected chi connectivity index (χ1v) is 7.01. The molecule has 0 aliphatic rings. The lowest BCUT2D eigenvalue weighted by Crippen LogP contribution is -2.29. The van der Waals surface area contributed by atoms with Gasteiger partial charge in [0, 0.05) is 0 Å². The van der Waals surface area contributed by atoms with Crippen molar-refractivity contribution in [2.45, 2.75) is 29.6 Å². The monoisotopic (exact) mass is 430 g/mol. The van der Waals surface area contributed by atoms with Gasteiger partial charge >= 0.3 is 24.7 Å². The van der Waals surface area contributed by atoms with Crippen LogP contribution in [0.1, 0.15) is 22.3 Å². The molecule has 0 fully saturated rings. The zero-order valence-electron chi connectivity index (χ0n) is 11.3. The summed E-state index contributed by atoms with van der Waals surface area (Å²) in [4.78, 5) is -3.38. The number of hydrogen-bond donors (Lipinski definition) is 1. The fourth-order valence-corrected chi connectivity index (χ4v) is 2.86. The topological polar surface area (TPSA) is 54.4 Å². The standard InChI is InChI=1S/C10H2F12O3S/c11-7(12,13)2-1-3(8(14,15)16)6(26(23,24)25)5(10(20,21)22)4(2)9(17,18)19/h1H,(H,23,24,25). The van der Waals surface area contributed by atoms with E-state index in [-0.39, 0.29) is 0 Å². The van der Waals surface area contributed by atoms with E-state index in [1.165, 1.54) is 0 Å². The largest absolute Gasteiger partial charge is 0.418 e. The van der Waals surface area contributed by atoms with Gasteiger partial charge in [-0.2, -0.15) is 61.1 Å². The molecule has 0 atom stereocenters. The van der Waals surface area contributed by atoms with Gasteiger partial charge in [0.1, 0.15) is 4.90 Å². The van der Waals surface area contributed by atoms with Crippen LogP contribution in [0.25, 0.3) is 0 Å². The molecular weight excluding hydrogens is 428 g/mol. The Kier molecular flexibility index (Phi) is 5.07. The van der Waals surface area contributed by atoms with Crippen molar-refractivity contribution >= 4 is 10.1 Å². The van der Waals surface area contributed by atoms with E-state index in [2.05, 4.69) is 0 Å². The van der Waals surface area contributed by atoms with Gasteiger partial charge in [-0.3, -0.25) is 4.55 Å². The first-order valence-electron chi connectivity index (χ1n) is 5.57. The van der Waals surface area contributed by atoms with E-state index in [1.54, 1.807) is 0 Å². The maximum atomic E-state index is 12.9. The average molecular weight is 430 g/mol. The molecule has 0 unspecified atom stereocenters. The van der Waals surface area contributed by atoms with Gasteiger partial charge in [-0.15, -0.1) is 0 Å². The maximum Gasteiger partial charge on any atom is 0.418 e. The molecule has 0 aromatic heterocycles. The Morgan fingerprint density at radius 2 is 0.962 bits per heavy atom. The Morgan fingerprint density at radius 1 is 0.615 bits per heavy atom. The van der Waals surface area contributed by atoms with Crippen molar-refractivity contribution in [1.82, 2.24) is 0 Å². The lowest BCUT2D eigenvalue weighted by atomic mass is 9.95. The molecule has 150 valence electrons. The van der Waals surface area contributed by atoms with Gasteiger partial charge in [0.25, 0.3) is 10.1 Å². The van der Waals surface area contributed by atoms with Gasteiger partial charge in [-0.25, -0.2) is 0 Å². The molecule has 16 heteroatoms. The first-order chi connectivity index (χ1) is 11.1. The van der Waals surface area contributed by atoms with Crippen LogP contribution in [0.15, 0.2) is 11.0 Å². The van der Waals surface area contributed by atoms with Gasteiger partial charge < -0.3 is 0 Å². The molecule has 0 aliphatic carbocycles. The molecule has 3 nitrogen and oxygen atoms in total. The van der Waals surface area contributed by atoms with Crippen molar-refractivity contribution in [2.24, 2.45) is 0 Å². The van der Waals surface area contributed by atoms with Crippen LogP contribution < -0.4 is 0 Å². The Labute approximate surface area is 135 Å². The van der Waals surface area contributed by atoms with E-state index in [9.17, 15) is 61.1 Å². The summed E-state index contributed by atoms with van der Waals surface area (Å²) < 4.78 is 184. The summed E-state index contributed by atoms with van der Waals surface area (Å²) in [6, 6.07) is -1.46. The number of alkyl halides is 12. The van der Waals surface area contributed by atoms with E-state index in [4.69, 9.17) is 4.55 Å². The van der Waals surface area contributed by atoms with Crippen molar-refractivity contribution in [3.05, 3.63) is 28.3 Å². The SMILES string of the molecule is O=S(=O)(O)c1c(C(F)(F)F)cc(C(F)(F)F)c(C(F)(F)F)c1C(F)(F)F. The molecule has 1 N–H and O–H groups in total.